The van der Waals surface area contributed by atoms with E-state index in [2.05, 4.69) is 111 Å². The van der Waals surface area contributed by atoms with E-state index in [0.717, 1.165) is 57.4 Å². The fourth-order valence-electron chi connectivity index (χ4n) is 5.78. The van der Waals surface area contributed by atoms with Crippen LogP contribution in [0.2, 0.25) is 19.6 Å². The SMILES string of the molecule is CC(C)c1cc(-c2[c-]cccc2)ncc1[Si](C)(C)C.CCC(CC)c1ccnc(-c2[c-]ccc3c2oc2nc(C)ccc23)c1.[Ir]. The largest absolute Gasteiger partial charge is 0.486 e. The maximum Gasteiger partial charge on any atom is 0.216 e. The Labute approximate surface area is 283 Å². The van der Waals surface area contributed by atoms with E-state index in [0.29, 0.717) is 17.5 Å². The third kappa shape index (κ3) is 7.69. The van der Waals surface area contributed by atoms with Gasteiger partial charge in [0.2, 0.25) is 5.71 Å². The molecule has 6 rings (SSSR count). The molecule has 4 aromatic heterocycles. The molecule has 0 atom stereocenters. The van der Waals surface area contributed by atoms with E-state index in [1.54, 1.807) is 0 Å². The molecule has 0 unspecified atom stereocenters. The van der Waals surface area contributed by atoms with Gasteiger partial charge >= 0.3 is 0 Å². The standard InChI is InChI=1S/C22H21N2O.C17H22NSi.Ir/c1-4-15(5-2)16-11-12-23-20(13-16)19-8-6-7-17-18-10-9-14(3)24-22(18)25-21(17)19;1-13(2)15-11-16(14-9-7-6-8-10-14)18-12-17(15)19(3,4)5;/h6-7,9-13,15H,4-5H2,1-3H3;6-9,11-13H,1-5H3;/q2*-1;. The molecule has 1 radical (unpaired) electrons. The van der Waals surface area contributed by atoms with E-state index in [9.17, 15) is 0 Å². The van der Waals surface area contributed by atoms with Crippen molar-refractivity contribution in [2.45, 2.75) is 78.9 Å². The second-order valence-corrected chi connectivity index (χ2v) is 17.9. The number of fused-ring (bicyclic) bond motifs is 3. The molecule has 0 fully saturated rings. The van der Waals surface area contributed by atoms with Crippen LogP contribution in [0.25, 0.3) is 44.6 Å². The molecular weight excluding hydrogens is 747 g/mol. The zero-order chi connectivity index (χ0) is 31.4. The van der Waals surface area contributed by atoms with E-state index in [-0.39, 0.29) is 20.1 Å². The summed E-state index contributed by atoms with van der Waals surface area (Å²) < 4.78 is 6.09. The molecule has 0 spiro atoms. The molecular formula is C39H43IrN3OSi-2. The first kappa shape index (κ1) is 34.4. The van der Waals surface area contributed by atoms with Gasteiger partial charge in [0.25, 0.3) is 0 Å². The minimum atomic E-state index is -1.34. The van der Waals surface area contributed by atoms with Crippen LogP contribution in [0.15, 0.2) is 83.5 Å². The average molecular weight is 790 g/mol. The van der Waals surface area contributed by atoms with Crippen molar-refractivity contribution in [3.63, 3.8) is 0 Å². The quantitative estimate of drug-likeness (QED) is 0.119. The van der Waals surface area contributed by atoms with Gasteiger partial charge < -0.3 is 14.4 Å². The van der Waals surface area contributed by atoms with Crippen LogP contribution >= 0.6 is 0 Å². The summed E-state index contributed by atoms with van der Waals surface area (Å²) in [6.07, 6.45) is 6.24. The van der Waals surface area contributed by atoms with Crippen molar-refractivity contribution in [1.82, 2.24) is 15.0 Å². The topological polar surface area (TPSA) is 51.8 Å². The Morgan fingerprint density at radius 2 is 1.62 bits per heavy atom. The first-order chi connectivity index (χ1) is 21.1. The van der Waals surface area contributed by atoms with Crippen molar-refractivity contribution >= 4 is 35.3 Å². The number of pyridine rings is 3. The second-order valence-electron chi connectivity index (χ2n) is 12.8. The Morgan fingerprint density at radius 3 is 2.29 bits per heavy atom. The number of aryl methyl sites for hydroxylation is 1. The zero-order valence-electron chi connectivity index (χ0n) is 27.7. The van der Waals surface area contributed by atoms with Gasteiger partial charge in [0, 0.05) is 43.6 Å². The van der Waals surface area contributed by atoms with Crippen LogP contribution in [-0.2, 0) is 20.1 Å². The fraction of sp³-hybridized carbons (Fsp3) is 0.308. The van der Waals surface area contributed by atoms with Gasteiger partial charge in [-0.1, -0.05) is 81.5 Å². The molecule has 235 valence electrons. The predicted octanol–water partition coefficient (Wildman–Crippen LogP) is 10.3. The van der Waals surface area contributed by atoms with Gasteiger partial charge in [-0.25, -0.2) is 4.98 Å². The molecule has 0 saturated carbocycles. The van der Waals surface area contributed by atoms with Crippen LogP contribution in [0.5, 0.6) is 0 Å². The molecule has 0 amide bonds. The van der Waals surface area contributed by atoms with Gasteiger partial charge in [-0.3, -0.25) is 0 Å². The molecule has 45 heavy (non-hydrogen) atoms. The summed E-state index contributed by atoms with van der Waals surface area (Å²) in [5, 5.41) is 3.57. The minimum Gasteiger partial charge on any atom is -0.486 e. The summed E-state index contributed by atoms with van der Waals surface area (Å²) in [6, 6.07) is 29.2. The number of rotatable bonds is 7. The van der Waals surface area contributed by atoms with Gasteiger partial charge in [0.15, 0.2) is 0 Å². The molecule has 4 nitrogen and oxygen atoms in total. The smallest absolute Gasteiger partial charge is 0.216 e. The Kier molecular flexibility index (Phi) is 11.3. The summed E-state index contributed by atoms with van der Waals surface area (Å²) in [7, 11) is -1.34. The second kappa shape index (κ2) is 14.8. The summed E-state index contributed by atoms with van der Waals surface area (Å²) in [5.41, 5.74) is 9.12. The minimum absolute atomic E-state index is 0. The van der Waals surface area contributed by atoms with Crippen molar-refractivity contribution in [3.8, 4) is 22.5 Å². The van der Waals surface area contributed by atoms with Crippen molar-refractivity contribution < 1.29 is 24.5 Å². The van der Waals surface area contributed by atoms with Crippen LogP contribution in [0, 0.1) is 19.1 Å². The van der Waals surface area contributed by atoms with Crippen LogP contribution < -0.4 is 5.19 Å². The predicted molar refractivity (Wildman–Crippen MR) is 187 cm³/mol. The molecule has 0 saturated heterocycles. The number of hydrogen-bond acceptors (Lipinski definition) is 4. The van der Waals surface area contributed by atoms with Crippen LogP contribution in [0.4, 0.5) is 0 Å². The number of furan rings is 1. The van der Waals surface area contributed by atoms with Gasteiger partial charge in [-0.2, -0.15) is 0 Å². The molecule has 6 heteroatoms. The van der Waals surface area contributed by atoms with E-state index >= 15 is 0 Å². The van der Waals surface area contributed by atoms with E-state index in [1.165, 1.54) is 16.3 Å². The van der Waals surface area contributed by atoms with Gasteiger partial charge in [0.1, 0.15) is 0 Å². The Morgan fingerprint density at radius 1 is 0.844 bits per heavy atom. The van der Waals surface area contributed by atoms with Gasteiger partial charge in [-0.05, 0) is 66.4 Å². The molecule has 0 aliphatic heterocycles. The fourth-order valence-corrected chi connectivity index (χ4v) is 7.46. The van der Waals surface area contributed by atoms with Crippen molar-refractivity contribution in [2.24, 2.45) is 0 Å². The van der Waals surface area contributed by atoms with E-state index < -0.39 is 8.07 Å². The first-order valence-corrected chi connectivity index (χ1v) is 19.2. The number of aromatic nitrogens is 3. The third-order valence-electron chi connectivity index (χ3n) is 8.29. The number of nitrogens with zero attached hydrogens (tertiary/aromatic N) is 3. The maximum absolute atomic E-state index is 6.09. The molecule has 0 aliphatic rings. The zero-order valence-corrected chi connectivity index (χ0v) is 31.1. The Bertz CT molecular complexity index is 1870. The van der Waals surface area contributed by atoms with E-state index in [1.807, 2.05) is 49.5 Å². The summed E-state index contributed by atoms with van der Waals surface area (Å²) in [4.78, 5) is 13.8. The number of hydrogen-bond donors (Lipinski definition) is 0. The summed E-state index contributed by atoms with van der Waals surface area (Å²) in [6.45, 7) is 18.1. The Balaban J connectivity index is 0.000000208. The molecule has 0 N–H and O–H groups in total. The molecule has 6 aromatic rings. The van der Waals surface area contributed by atoms with E-state index in [4.69, 9.17) is 4.42 Å². The number of benzene rings is 2. The van der Waals surface area contributed by atoms with Crippen LogP contribution in [-0.4, -0.2) is 23.0 Å². The normalized spacial score (nSPS) is 11.5. The Hall–Kier alpha value is -3.44. The van der Waals surface area contributed by atoms with Crippen LogP contribution in [0.3, 0.4) is 0 Å². The van der Waals surface area contributed by atoms with Gasteiger partial charge in [0.05, 0.1) is 13.7 Å². The summed E-state index contributed by atoms with van der Waals surface area (Å²) in [5.74, 6) is 1.09. The van der Waals surface area contributed by atoms with Crippen molar-refractivity contribution in [2.75, 3.05) is 0 Å². The molecule has 4 heterocycles. The van der Waals surface area contributed by atoms with Crippen LogP contribution in [0.1, 0.15) is 69.2 Å². The molecule has 0 bridgehead atoms. The van der Waals surface area contributed by atoms with Crippen molar-refractivity contribution in [1.29, 1.82) is 0 Å². The van der Waals surface area contributed by atoms with Crippen molar-refractivity contribution in [3.05, 3.63) is 108 Å². The average Bonchev–Trinajstić information content (AvgIpc) is 3.39. The first-order valence-electron chi connectivity index (χ1n) is 15.7. The molecule has 0 aliphatic carbocycles. The summed E-state index contributed by atoms with van der Waals surface area (Å²) >= 11 is 0. The molecule has 2 aromatic carbocycles. The van der Waals surface area contributed by atoms with Gasteiger partial charge in [-0.15, -0.1) is 54.1 Å². The maximum atomic E-state index is 6.09. The third-order valence-corrected chi connectivity index (χ3v) is 10.3. The monoisotopic (exact) mass is 790 g/mol.